The summed E-state index contributed by atoms with van der Waals surface area (Å²) < 4.78 is 11.2. The first-order chi connectivity index (χ1) is 20.1. The second-order valence-electron chi connectivity index (χ2n) is 11.2. The molecular weight excluding hydrogens is 605 g/mol. The molecule has 1 aromatic carbocycles. The Morgan fingerprint density at radius 2 is 1.79 bits per heavy atom. The van der Waals surface area contributed by atoms with E-state index >= 15 is 0 Å². The van der Waals surface area contributed by atoms with Gasteiger partial charge >= 0.3 is 0 Å². The van der Waals surface area contributed by atoms with Crippen molar-refractivity contribution in [2.24, 2.45) is 17.6 Å². The average Bonchev–Trinajstić information content (AvgIpc) is 3.78. The smallest absolute Gasteiger partial charge is 0.254 e. The Morgan fingerprint density at radius 1 is 1.00 bits per heavy atom. The van der Waals surface area contributed by atoms with Crippen LogP contribution in [0.3, 0.4) is 0 Å². The molecule has 0 radical (unpaired) electrons. The van der Waals surface area contributed by atoms with Crippen LogP contribution < -0.4 is 5.73 Å². The van der Waals surface area contributed by atoms with E-state index in [0.717, 1.165) is 4.88 Å². The van der Waals surface area contributed by atoms with Crippen LogP contribution in [0.4, 0.5) is 0 Å². The third-order valence-corrected chi connectivity index (χ3v) is 10.6. The molecule has 4 aliphatic heterocycles. The fraction of sp³-hybridized carbons (Fsp3) is 0.483. The number of thiophene rings is 1. The molecule has 0 bridgehead atoms. The summed E-state index contributed by atoms with van der Waals surface area (Å²) in [5, 5.41) is 2.50. The van der Waals surface area contributed by atoms with Crippen LogP contribution in [-0.2, 0) is 46.3 Å². The third kappa shape index (κ3) is 4.75. The number of benzene rings is 1. The highest BCUT2D eigenvalue weighted by Gasteiger charge is 2.65. The van der Waals surface area contributed by atoms with E-state index in [1.807, 2.05) is 17.5 Å². The van der Waals surface area contributed by atoms with Crippen LogP contribution in [-0.4, -0.2) is 89.2 Å². The molecule has 42 heavy (non-hydrogen) atoms. The lowest BCUT2D eigenvalue weighted by molar-refractivity contribution is -0.156. The predicted molar refractivity (Wildman–Crippen MR) is 153 cm³/mol. The van der Waals surface area contributed by atoms with Crippen molar-refractivity contribution < 1.29 is 33.4 Å². The number of amides is 3. The fourth-order valence-corrected chi connectivity index (χ4v) is 8.05. The van der Waals surface area contributed by atoms with Crippen LogP contribution in [0, 0.1) is 11.8 Å². The van der Waals surface area contributed by atoms with Crippen molar-refractivity contribution in [3.05, 3.63) is 56.2 Å². The molecule has 4 fully saturated rings. The second-order valence-corrected chi connectivity index (χ2v) is 13.0. The number of halogens is 2. The number of nitrogens with zero attached hydrogens (tertiary/aromatic N) is 2. The number of primary amides is 1. The van der Waals surface area contributed by atoms with E-state index in [9.17, 15) is 24.0 Å². The van der Waals surface area contributed by atoms with Gasteiger partial charge in [0.2, 0.25) is 17.4 Å². The summed E-state index contributed by atoms with van der Waals surface area (Å²) in [6.07, 6.45) is -0.179. The Kier molecular flexibility index (Phi) is 7.90. The summed E-state index contributed by atoms with van der Waals surface area (Å²) >= 11 is 13.9. The Balaban J connectivity index is 1.43. The molecule has 222 valence electrons. The van der Waals surface area contributed by atoms with Crippen LogP contribution in [0.5, 0.6) is 0 Å². The van der Waals surface area contributed by atoms with Gasteiger partial charge in [0.05, 0.1) is 34.1 Å². The first-order valence-electron chi connectivity index (χ1n) is 13.8. The van der Waals surface area contributed by atoms with Gasteiger partial charge in [0.15, 0.2) is 11.6 Å². The van der Waals surface area contributed by atoms with Crippen molar-refractivity contribution in [2.75, 3.05) is 26.3 Å². The monoisotopic (exact) mass is 633 g/mol. The Hall–Kier alpha value is -2.83. The van der Waals surface area contributed by atoms with Gasteiger partial charge in [0, 0.05) is 18.0 Å². The maximum absolute atomic E-state index is 14.7. The van der Waals surface area contributed by atoms with E-state index in [1.54, 1.807) is 18.2 Å². The van der Waals surface area contributed by atoms with Crippen molar-refractivity contribution in [3.8, 4) is 0 Å². The number of carbonyl (C=O) groups is 5. The highest BCUT2D eigenvalue weighted by Crippen LogP contribution is 2.41. The van der Waals surface area contributed by atoms with Gasteiger partial charge in [0.1, 0.15) is 19.3 Å². The Morgan fingerprint density at radius 3 is 2.50 bits per heavy atom. The van der Waals surface area contributed by atoms with Gasteiger partial charge in [-0.3, -0.25) is 24.0 Å². The zero-order valence-electron chi connectivity index (χ0n) is 22.5. The molecule has 5 heterocycles. The van der Waals surface area contributed by atoms with Crippen molar-refractivity contribution in [1.29, 1.82) is 0 Å². The maximum Gasteiger partial charge on any atom is 0.254 e. The molecule has 2 aromatic rings. The summed E-state index contributed by atoms with van der Waals surface area (Å²) in [6, 6.07) is 8.01. The Labute approximate surface area is 256 Å². The highest BCUT2D eigenvalue weighted by atomic mass is 35.5. The van der Waals surface area contributed by atoms with Gasteiger partial charge in [-0.25, -0.2) is 0 Å². The van der Waals surface area contributed by atoms with Crippen molar-refractivity contribution in [1.82, 2.24) is 9.80 Å². The van der Waals surface area contributed by atoms with Gasteiger partial charge in [-0.2, -0.15) is 0 Å². The average molecular weight is 635 g/mol. The SMILES string of the molecule is NC(=O)C12C(=O)COC1CCN2C(=O)C(Cc1ccc(Cl)c(Cl)c1)C(Cc1cccs1)C(=O)N1CCC2OCC(=O)C21. The molecule has 2 N–H and O–H groups in total. The first kappa shape index (κ1) is 29.3. The number of rotatable bonds is 8. The number of carbonyl (C=O) groups excluding carboxylic acids is 5. The summed E-state index contributed by atoms with van der Waals surface area (Å²) in [5.74, 6) is -4.57. The lowest BCUT2D eigenvalue weighted by Gasteiger charge is -2.38. The van der Waals surface area contributed by atoms with Crippen molar-refractivity contribution in [2.45, 2.75) is 49.5 Å². The molecule has 6 atom stereocenters. The van der Waals surface area contributed by atoms with Crippen LogP contribution in [0.25, 0.3) is 0 Å². The molecule has 4 aliphatic rings. The minimum atomic E-state index is -1.93. The third-order valence-electron chi connectivity index (χ3n) is 8.95. The van der Waals surface area contributed by atoms with Gasteiger partial charge in [0.25, 0.3) is 5.91 Å². The fourth-order valence-electron chi connectivity index (χ4n) is 6.96. The lowest BCUT2D eigenvalue weighted by atomic mass is 9.80. The van der Waals surface area contributed by atoms with E-state index in [0.29, 0.717) is 23.6 Å². The van der Waals surface area contributed by atoms with E-state index in [-0.39, 0.29) is 61.8 Å². The molecule has 3 amide bonds. The number of hydrogen-bond acceptors (Lipinski definition) is 8. The number of Topliss-reactive ketones (excluding diaryl/α,β-unsaturated/α-hetero) is 2. The normalized spacial score (nSPS) is 28.2. The van der Waals surface area contributed by atoms with Gasteiger partial charge in [-0.1, -0.05) is 35.3 Å². The first-order valence-corrected chi connectivity index (χ1v) is 15.4. The van der Waals surface area contributed by atoms with Gasteiger partial charge < -0.3 is 25.0 Å². The quantitative estimate of drug-likeness (QED) is 0.439. The molecule has 4 saturated heterocycles. The molecule has 0 aliphatic carbocycles. The van der Waals surface area contributed by atoms with Crippen LogP contribution in [0.2, 0.25) is 10.0 Å². The lowest BCUT2D eigenvalue weighted by Crippen LogP contribution is -2.65. The summed E-state index contributed by atoms with van der Waals surface area (Å²) in [6.45, 7) is -0.00131. The molecule has 0 saturated carbocycles. The zero-order chi connectivity index (χ0) is 29.8. The number of fused-ring (bicyclic) bond motifs is 2. The van der Waals surface area contributed by atoms with Crippen molar-refractivity contribution in [3.63, 3.8) is 0 Å². The van der Waals surface area contributed by atoms with Crippen molar-refractivity contribution >= 4 is 63.8 Å². The zero-order valence-corrected chi connectivity index (χ0v) is 24.8. The molecule has 0 spiro atoms. The minimum absolute atomic E-state index is 0.0568. The largest absolute Gasteiger partial charge is 0.368 e. The minimum Gasteiger partial charge on any atom is -0.368 e. The van der Waals surface area contributed by atoms with Gasteiger partial charge in [-0.15, -0.1) is 11.3 Å². The number of hydrogen-bond donors (Lipinski definition) is 1. The number of ether oxygens (including phenoxy) is 2. The van der Waals surface area contributed by atoms with Crippen LogP contribution >= 0.6 is 34.5 Å². The molecule has 6 rings (SSSR count). The standard InChI is InChI=1S/C29H29Cl2N3O7S/c30-19-4-3-15(11-20(19)31)10-17(27(38)34-8-6-24-29(34,28(32)39)23(36)14-41-24)18(12-16-2-1-9-42-16)26(37)33-7-5-22-25(33)21(35)13-40-22/h1-4,9,11,17-18,22,24-25H,5-8,10,12-14H2,(H2,32,39). The molecular formula is C29H29Cl2N3O7S. The molecule has 1 aromatic heterocycles. The molecule has 13 heteroatoms. The summed E-state index contributed by atoms with van der Waals surface area (Å²) in [4.78, 5) is 71.5. The van der Waals surface area contributed by atoms with E-state index in [1.165, 1.54) is 21.1 Å². The van der Waals surface area contributed by atoms with Crippen LogP contribution in [0.1, 0.15) is 23.3 Å². The predicted octanol–water partition coefficient (Wildman–Crippen LogP) is 2.07. The Bertz CT molecular complexity index is 1450. The maximum atomic E-state index is 14.7. The summed E-state index contributed by atoms with van der Waals surface area (Å²) in [5.41, 5.74) is 4.52. The van der Waals surface area contributed by atoms with Crippen LogP contribution in [0.15, 0.2) is 35.7 Å². The topological polar surface area (TPSA) is 136 Å². The van der Waals surface area contributed by atoms with E-state index < -0.39 is 47.1 Å². The number of nitrogens with two attached hydrogens (primary N) is 1. The second kappa shape index (κ2) is 11.3. The number of likely N-dealkylation sites (tertiary alicyclic amines) is 2. The molecule has 10 nitrogen and oxygen atoms in total. The highest BCUT2D eigenvalue weighted by molar-refractivity contribution is 7.09. The van der Waals surface area contributed by atoms with Gasteiger partial charge in [-0.05, 0) is 54.8 Å². The number of ketones is 2. The summed E-state index contributed by atoms with van der Waals surface area (Å²) in [7, 11) is 0. The van der Waals surface area contributed by atoms with E-state index in [2.05, 4.69) is 0 Å². The molecule has 6 unspecified atom stereocenters. The van der Waals surface area contributed by atoms with E-state index in [4.69, 9.17) is 38.4 Å².